The maximum Gasteiger partial charge on any atom is 0.434 e. The van der Waals surface area contributed by atoms with Gasteiger partial charge in [0.05, 0.1) is 12.2 Å². The second-order valence-corrected chi connectivity index (χ2v) is 6.80. The number of rotatable bonds is 7. The summed E-state index contributed by atoms with van der Waals surface area (Å²) in [4.78, 5) is 9.50. The predicted octanol–water partition coefficient (Wildman–Crippen LogP) is 4.01. The van der Waals surface area contributed by atoms with Crippen molar-refractivity contribution < 1.29 is 17.6 Å². The minimum absolute atomic E-state index is 0.107. The smallest absolute Gasteiger partial charge is 0.370 e. The molecule has 1 heterocycles. The Morgan fingerprint density at radius 2 is 1.86 bits per heavy atom. The third-order valence-corrected chi connectivity index (χ3v) is 4.90. The fourth-order valence-corrected chi connectivity index (χ4v) is 3.31. The van der Waals surface area contributed by atoms with Gasteiger partial charge in [0.2, 0.25) is 0 Å². The summed E-state index contributed by atoms with van der Waals surface area (Å²) in [6.07, 6.45) is -4.45. The zero-order valence-electron chi connectivity index (χ0n) is 15.9. The van der Waals surface area contributed by atoms with E-state index in [0.717, 1.165) is 22.3 Å². The fourth-order valence-electron chi connectivity index (χ4n) is 2.57. The van der Waals surface area contributed by atoms with Crippen LogP contribution in [0.25, 0.3) is 0 Å². The highest BCUT2D eigenvalue weighted by atomic mass is 32.1. The maximum absolute atomic E-state index is 14.3. The molecule has 0 radical (unpaired) electrons. The molecule has 0 aliphatic rings. The molecule has 5 nitrogen and oxygen atoms in total. The molecule has 0 unspecified atom stereocenters. The van der Waals surface area contributed by atoms with Crippen molar-refractivity contribution in [3.8, 4) is 0 Å². The second-order valence-electron chi connectivity index (χ2n) is 5.86. The van der Waals surface area contributed by atoms with Crippen molar-refractivity contribution in [3.63, 3.8) is 0 Å². The molecule has 2 N–H and O–H groups in total. The molecule has 2 rings (SSSR count). The van der Waals surface area contributed by atoms with Crippen LogP contribution in [0.2, 0.25) is 0 Å². The molecule has 0 aliphatic heterocycles. The average Bonchev–Trinajstić information content (AvgIpc) is 3.14. The summed E-state index contributed by atoms with van der Waals surface area (Å²) in [6.45, 7) is 5.79. The van der Waals surface area contributed by atoms with Crippen molar-refractivity contribution in [2.24, 2.45) is 4.99 Å². The van der Waals surface area contributed by atoms with E-state index in [1.165, 1.54) is 6.07 Å². The largest absolute Gasteiger partial charge is 0.434 e. The number of halogens is 4. The number of nitrogens with one attached hydrogen (secondary N) is 2. The molecule has 1 aromatic carbocycles. The first-order valence-corrected chi connectivity index (χ1v) is 9.65. The standard InChI is InChI=1S/C18H23F4N5S/c1-4-27(5-2)14-7-6-12(8-13(14)19)9-24-17(23-3)25-10-16-26-15(11-28-16)18(20,21)22/h6-8,11H,4-5,9-10H2,1-3H3,(H2,23,24,25). The van der Waals surface area contributed by atoms with Gasteiger partial charge in [0.1, 0.15) is 10.8 Å². The molecule has 0 spiro atoms. The summed E-state index contributed by atoms with van der Waals surface area (Å²) >= 11 is 0.923. The molecular formula is C18H23F4N5S. The zero-order valence-corrected chi connectivity index (χ0v) is 16.7. The lowest BCUT2D eigenvalue weighted by Gasteiger charge is -2.22. The number of aliphatic imine (C=N–C) groups is 1. The molecule has 0 aliphatic carbocycles. The number of benzene rings is 1. The molecule has 1 aromatic heterocycles. The van der Waals surface area contributed by atoms with E-state index in [-0.39, 0.29) is 12.4 Å². The summed E-state index contributed by atoms with van der Waals surface area (Å²) in [5.74, 6) is 0.0883. The molecule has 0 amide bonds. The molecule has 0 saturated heterocycles. The monoisotopic (exact) mass is 417 g/mol. The van der Waals surface area contributed by atoms with Gasteiger partial charge in [0, 0.05) is 32.1 Å². The van der Waals surface area contributed by atoms with Crippen LogP contribution >= 0.6 is 11.3 Å². The molecule has 154 valence electrons. The molecule has 2 aromatic rings. The number of nitrogens with zero attached hydrogens (tertiary/aromatic N) is 3. The van der Waals surface area contributed by atoms with Crippen LogP contribution in [0.1, 0.15) is 30.1 Å². The summed E-state index contributed by atoms with van der Waals surface area (Å²) in [5, 5.41) is 7.19. The lowest BCUT2D eigenvalue weighted by atomic mass is 10.2. The minimum Gasteiger partial charge on any atom is -0.370 e. The van der Waals surface area contributed by atoms with E-state index in [0.29, 0.717) is 36.3 Å². The van der Waals surface area contributed by atoms with E-state index in [1.807, 2.05) is 24.8 Å². The van der Waals surface area contributed by atoms with Crippen LogP contribution in [0.3, 0.4) is 0 Å². The highest BCUT2D eigenvalue weighted by Gasteiger charge is 2.33. The summed E-state index contributed by atoms with van der Waals surface area (Å²) in [5.41, 5.74) is 0.381. The normalized spacial score (nSPS) is 12.2. The van der Waals surface area contributed by atoms with E-state index in [1.54, 1.807) is 13.1 Å². The fraction of sp³-hybridized carbons (Fsp3) is 0.444. The van der Waals surface area contributed by atoms with E-state index >= 15 is 0 Å². The zero-order chi connectivity index (χ0) is 20.7. The van der Waals surface area contributed by atoms with Crippen LogP contribution in [0.5, 0.6) is 0 Å². The van der Waals surface area contributed by atoms with E-state index in [9.17, 15) is 17.6 Å². The first kappa shape index (κ1) is 21.9. The number of aromatic nitrogens is 1. The van der Waals surface area contributed by atoms with Crippen molar-refractivity contribution in [2.45, 2.75) is 33.1 Å². The number of hydrogen-bond acceptors (Lipinski definition) is 4. The molecule has 10 heteroatoms. The van der Waals surface area contributed by atoms with Crippen molar-refractivity contribution in [1.29, 1.82) is 0 Å². The topological polar surface area (TPSA) is 52.5 Å². The third kappa shape index (κ3) is 5.82. The summed E-state index contributed by atoms with van der Waals surface area (Å²) in [7, 11) is 1.54. The van der Waals surface area contributed by atoms with Crippen molar-refractivity contribution >= 4 is 23.0 Å². The number of hydrogen-bond donors (Lipinski definition) is 2. The second kappa shape index (κ2) is 9.72. The van der Waals surface area contributed by atoms with Gasteiger partial charge in [0.25, 0.3) is 0 Å². The molecule has 0 saturated carbocycles. The van der Waals surface area contributed by atoms with Crippen molar-refractivity contribution in [1.82, 2.24) is 15.6 Å². The van der Waals surface area contributed by atoms with Gasteiger partial charge in [-0.1, -0.05) is 6.07 Å². The summed E-state index contributed by atoms with van der Waals surface area (Å²) in [6, 6.07) is 5.03. The first-order valence-electron chi connectivity index (χ1n) is 8.77. The lowest BCUT2D eigenvalue weighted by Crippen LogP contribution is -2.36. The van der Waals surface area contributed by atoms with Gasteiger partial charge in [-0.3, -0.25) is 4.99 Å². The Morgan fingerprint density at radius 3 is 2.39 bits per heavy atom. The quantitative estimate of drug-likeness (QED) is 0.406. The van der Waals surface area contributed by atoms with Gasteiger partial charge in [-0.05, 0) is 31.5 Å². The van der Waals surface area contributed by atoms with Crippen LogP contribution in [-0.4, -0.2) is 31.1 Å². The van der Waals surface area contributed by atoms with Gasteiger partial charge >= 0.3 is 6.18 Å². The predicted molar refractivity (Wildman–Crippen MR) is 104 cm³/mol. The first-order chi connectivity index (χ1) is 13.3. The Morgan fingerprint density at radius 1 is 1.18 bits per heavy atom. The number of alkyl halides is 3. The third-order valence-electron chi connectivity index (χ3n) is 4.05. The van der Waals surface area contributed by atoms with Crippen molar-refractivity contribution in [3.05, 3.63) is 45.7 Å². The van der Waals surface area contributed by atoms with Crippen LogP contribution < -0.4 is 15.5 Å². The van der Waals surface area contributed by atoms with Crippen molar-refractivity contribution in [2.75, 3.05) is 25.0 Å². The Labute approximate surface area is 165 Å². The van der Waals surface area contributed by atoms with E-state index in [4.69, 9.17) is 0 Å². The molecular weight excluding hydrogens is 394 g/mol. The minimum atomic E-state index is -4.45. The summed E-state index contributed by atoms with van der Waals surface area (Å²) < 4.78 is 52.1. The van der Waals surface area contributed by atoms with Crippen LogP contribution in [-0.2, 0) is 19.3 Å². The SMILES string of the molecule is CCN(CC)c1ccc(CNC(=NC)NCc2nc(C(F)(F)F)cs2)cc1F. The number of thiazole rings is 1. The number of anilines is 1. The molecule has 0 atom stereocenters. The highest BCUT2D eigenvalue weighted by molar-refractivity contribution is 7.09. The Balaban J connectivity index is 1.92. The highest BCUT2D eigenvalue weighted by Crippen LogP contribution is 2.29. The lowest BCUT2D eigenvalue weighted by molar-refractivity contribution is -0.140. The Hall–Kier alpha value is -2.36. The number of guanidine groups is 1. The average molecular weight is 417 g/mol. The van der Waals surface area contributed by atoms with Gasteiger partial charge in [0.15, 0.2) is 11.7 Å². The van der Waals surface area contributed by atoms with E-state index in [2.05, 4.69) is 20.6 Å². The van der Waals surface area contributed by atoms with Crippen LogP contribution in [0.15, 0.2) is 28.6 Å². The van der Waals surface area contributed by atoms with Gasteiger partial charge < -0.3 is 15.5 Å². The Kier molecular flexibility index (Phi) is 7.61. The van der Waals surface area contributed by atoms with E-state index < -0.39 is 11.9 Å². The van der Waals surface area contributed by atoms with Gasteiger partial charge in [-0.15, -0.1) is 11.3 Å². The molecule has 0 bridgehead atoms. The Bertz CT molecular complexity index is 800. The maximum atomic E-state index is 14.3. The van der Waals surface area contributed by atoms with Gasteiger partial charge in [-0.25, -0.2) is 9.37 Å². The van der Waals surface area contributed by atoms with Gasteiger partial charge in [-0.2, -0.15) is 13.2 Å². The molecule has 28 heavy (non-hydrogen) atoms. The van der Waals surface area contributed by atoms with Crippen LogP contribution in [0, 0.1) is 5.82 Å². The van der Waals surface area contributed by atoms with Crippen LogP contribution in [0.4, 0.5) is 23.2 Å². The molecule has 0 fully saturated rings.